The molecule has 0 radical (unpaired) electrons. The molecule has 2 aromatic carbocycles. The minimum absolute atomic E-state index is 0.176. The molecule has 21 heavy (non-hydrogen) atoms. The summed E-state index contributed by atoms with van der Waals surface area (Å²) in [6.07, 6.45) is 0. The van der Waals surface area contributed by atoms with Crippen molar-refractivity contribution in [3.63, 3.8) is 0 Å². The maximum Gasteiger partial charge on any atom is 0.333 e. The number of hydrogen-bond donors (Lipinski definition) is 1. The summed E-state index contributed by atoms with van der Waals surface area (Å²) >= 11 is 0. The zero-order valence-electron chi connectivity index (χ0n) is 11.1. The molecule has 106 valence electrons. The van der Waals surface area contributed by atoms with E-state index in [1.54, 1.807) is 24.3 Å². The number of nitrogens with one attached hydrogen (secondary N) is 1. The topological polar surface area (TPSA) is 64.1 Å². The Kier molecular flexibility index (Phi) is 3.06. The molecule has 0 spiro atoms. The Hall–Kier alpha value is -2.89. The minimum atomic E-state index is -0.622. The number of aromatic nitrogens is 2. The number of halogens is 1. The molecule has 0 atom stereocenters. The molecule has 1 N–H and O–H groups in total. The number of methoxy groups -OCH3 is 1. The van der Waals surface area contributed by atoms with E-state index in [1.807, 2.05) is 0 Å². The minimum Gasteiger partial charge on any atom is -0.497 e. The van der Waals surface area contributed by atoms with Crippen LogP contribution in [-0.4, -0.2) is 16.7 Å². The number of aromatic amines is 1. The molecule has 0 aliphatic carbocycles. The number of ether oxygens (including phenoxy) is 1. The highest BCUT2D eigenvalue weighted by atomic mass is 19.1. The molecule has 0 saturated carbocycles. The zero-order chi connectivity index (χ0) is 15.0. The van der Waals surface area contributed by atoms with E-state index in [1.165, 1.54) is 19.2 Å². The molecule has 0 bridgehead atoms. The van der Waals surface area contributed by atoms with Crippen molar-refractivity contribution < 1.29 is 9.13 Å². The average Bonchev–Trinajstić information content (AvgIpc) is 2.47. The van der Waals surface area contributed by atoms with Crippen LogP contribution in [0.1, 0.15) is 0 Å². The molecule has 0 aliphatic rings. The second-order valence-corrected chi connectivity index (χ2v) is 4.46. The maximum atomic E-state index is 13.2. The van der Waals surface area contributed by atoms with E-state index in [9.17, 15) is 14.0 Å². The smallest absolute Gasteiger partial charge is 0.333 e. The molecule has 0 aliphatic heterocycles. The van der Waals surface area contributed by atoms with Crippen LogP contribution in [-0.2, 0) is 0 Å². The number of hydrogen-bond acceptors (Lipinski definition) is 3. The summed E-state index contributed by atoms with van der Waals surface area (Å²) in [7, 11) is 1.53. The van der Waals surface area contributed by atoms with Crippen molar-refractivity contribution in [3.8, 4) is 11.4 Å². The lowest BCUT2D eigenvalue weighted by Gasteiger charge is -2.07. The molecule has 6 heteroatoms. The molecule has 3 aromatic rings. The van der Waals surface area contributed by atoms with Gasteiger partial charge in [-0.3, -0.25) is 4.79 Å². The second-order valence-electron chi connectivity index (χ2n) is 4.46. The van der Waals surface area contributed by atoms with Crippen LogP contribution in [0.25, 0.3) is 16.6 Å². The summed E-state index contributed by atoms with van der Waals surface area (Å²) in [4.78, 5) is 27.0. The summed E-state index contributed by atoms with van der Waals surface area (Å²) in [5.74, 6) is 0.103. The quantitative estimate of drug-likeness (QED) is 0.781. The number of nitrogens with zero attached hydrogens (tertiary/aromatic N) is 1. The van der Waals surface area contributed by atoms with Crippen LogP contribution >= 0.6 is 0 Å². The van der Waals surface area contributed by atoms with Gasteiger partial charge in [0.15, 0.2) is 0 Å². The van der Waals surface area contributed by atoms with Crippen LogP contribution in [0.15, 0.2) is 52.1 Å². The van der Waals surface area contributed by atoms with E-state index in [-0.39, 0.29) is 10.9 Å². The van der Waals surface area contributed by atoms with Crippen LogP contribution in [0.5, 0.6) is 5.75 Å². The van der Waals surface area contributed by atoms with E-state index in [2.05, 4.69) is 4.98 Å². The van der Waals surface area contributed by atoms with Crippen molar-refractivity contribution in [1.29, 1.82) is 0 Å². The van der Waals surface area contributed by atoms with Gasteiger partial charge in [0.25, 0.3) is 5.56 Å². The highest BCUT2D eigenvalue weighted by molar-refractivity contribution is 5.77. The fourth-order valence-corrected chi connectivity index (χ4v) is 2.16. The number of fused-ring (bicyclic) bond motifs is 1. The lowest BCUT2D eigenvalue weighted by atomic mass is 10.2. The van der Waals surface area contributed by atoms with Crippen LogP contribution < -0.4 is 16.0 Å². The predicted molar refractivity (Wildman–Crippen MR) is 76.7 cm³/mol. The van der Waals surface area contributed by atoms with Gasteiger partial charge in [-0.2, -0.15) is 0 Å². The predicted octanol–water partition coefficient (Wildman–Crippen LogP) is 1.83. The standard InChI is InChI=1S/C15H11FN2O3/c1-21-11-5-3-10(4-6-11)18-14(19)12-7-2-9(16)8-13(12)17-15(18)20/h2-8H,1H3,(H,17,20). The third kappa shape index (κ3) is 2.20. The Morgan fingerprint density at radius 1 is 1.10 bits per heavy atom. The summed E-state index contributed by atoms with van der Waals surface area (Å²) in [6, 6.07) is 10.2. The lowest BCUT2D eigenvalue weighted by molar-refractivity contribution is 0.414. The summed E-state index contributed by atoms with van der Waals surface area (Å²) in [5.41, 5.74) is -0.537. The van der Waals surface area contributed by atoms with Crippen LogP contribution in [0.3, 0.4) is 0 Å². The number of benzene rings is 2. The summed E-state index contributed by atoms with van der Waals surface area (Å²) < 4.78 is 19.2. The van der Waals surface area contributed by atoms with Gasteiger partial charge in [-0.25, -0.2) is 13.8 Å². The molecule has 0 fully saturated rings. The first-order valence-electron chi connectivity index (χ1n) is 6.19. The van der Waals surface area contributed by atoms with Gasteiger partial charge in [-0.15, -0.1) is 0 Å². The molecule has 5 nitrogen and oxygen atoms in total. The Morgan fingerprint density at radius 3 is 2.48 bits per heavy atom. The van der Waals surface area contributed by atoms with Gasteiger partial charge in [-0.1, -0.05) is 0 Å². The normalized spacial score (nSPS) is 10.8. The first-order chi connectivity index (χ1) is 10.1. The Bertz CT molecular complexity index is 926. The van der Waals surface area contributed by atoms with E-state index >= 15 is 0 Å². The molecule has 0 amide bonds. The third-order valence-electron chi connectivity index (χ3n) is 3.19. The first kappa shape index (κ1) is 13.1. The molecule has 3 rings (SSSR count). The third-order valence-corrected chi connectivity index (χ3v) is 3.19. The van der Waals surface area contributed by atoms with Gasteiger partial charge in [0.05, 0.1) is 23.7 Å². The Morgan fingerprint density at radius 2 is 1.81 bits per heavy atom. The van der Waals surface area contributed by atoms with E-state index < -0.39 is 17.1 Å². The maximum absolute atomic E-state index is 13.2. The zero-order valence-corrected chi connectivity index (χ0v) is 11.1. The van der Waals surface area contributed by atoms with Crippen LogP contribution in [0.2, 0.25) is 0 Å². The van der Waals surface area contributed by atoms with Crippen molar-refractivity contribution in [2.45, 2.75) is 0 Å². The van der Waals surface area contributed by atoms with Crippen LogP contribution in [0.4, 0.5) is 4.39 Å². The van der Waals surface area contributed by atoms with Crippen molar-refractivity contribution in [3.05, 3.63) is 69.1 Å². The number of H-pyrrole nitrogens is 1. The molecule has 0 saturated heterocycles. The second kappa shape index (κ2) is 4.90. The average molecular weight is 286 g/mol. The first-order valence-corrected chi connectivity index (χ1v) is 6.19. The number of rotatable bonds is 2. The largest absolute Gasteiger partial charge is 0.497 e. The SMILES string of the molecule is COc1ccc(-n2c(=O)[nH]c3cc(F)ccc3c2=O)cc1. The lowest BCUT2D eigenvalue weighted by Crippen LogP contribution is -2.33. The van der Waals surface area contributed by atoms with Gasteiger partial charge >= 0.3 is 5.69 Å². The molecule has 1 heterocycles. The van der Waals surface area contributed by atoms with Gasteiger partial charge in [0.1, 0.15) is 11.6 Å². The van der Waals surface area contributed by atoms with E-state index in [0.717, 1.165) is 10.6 Å². The van der Waals surface area contributed by atoms with E-state index in [0.29, 0.717) is 11.4 Å². The van der Waals surface area contributed by atoms with Gasteiger partial charge in [0, 0.05) is 0 Å². The van der Waals surface area contributed by atoms with Crippen molar-refractivity contribution in [1.82, 2.24) is 9.55 Å². The highest BCUT2D eigenvalue weighted by Gasteiger charge is 2.10. The summed E-state index contributed by atoms with van der Waals surface area (Å²) in [6.45, 7) is 0. The van der Waals surface area contributed by atoms with E-state index in [4.69, 9.17) is 4.74 Å². The Labute approximate surface area is 118 Å². The van der Waals surface area contributed by atoms with Gasteiger partial charge < -0.3 is 9.72 Å². The fraction of sp³-hybridized carbons (Fsp3) is 0.0667. The van der Waals surface area contributed by atoms with Gasteiger partial charge in [0.2, 0.25) is 0 Å². The molecular formula is C15H11FN2O3. The fourth-order valence-electron chi connectivity index (χ4n) is 2.16. The highest BCUT2D eigenvalue weighted by Crippen LogP contribution is 2.13. The van der Waals surface area contributed by atoms with Crippen molar-refractivity contribution in [2.75, 3.05) is 7.11 Å². The molecule has 0 unspecified atom stereocenters. The van der Waals surface area contributed by atoms with Gasteiger partial charge in [-0.05, 0) is 42.5 Å². The van der Waals surface area contributed by atoms with Crippen molar-refractivity contribution in [2.24, 2.45) is 0 Å². The monoisotopic (exact) mass is 286 g/mol. The molecular weight excluding hydrogens is 275 g/mol. The van der Waals surface area contributed by atoms with Crippen molar-refractivity contribution >= 4 is 10.9 Å². The molecule has 1 aromatic heterocycles. The summed E-state index contributed by atoms with van der Waals surface area (Å²) in [5, 5.41) is 0.242. The Balaban J connectivity index is 2.29. The van der Waals surface area contributed by atoms with Crippen LogP contribution in [0, 0.1) is 5.82 Å².